The van der Waals surface area contributed by atoms with Gasteiger partial charge in [-0.05, 0) is 12.1 Å². The van der Waals surface area contributed by atoms with E-state index in [1.165, 1.54) is 6.20 Å². The second-order valence-corrected chi connectivity index (χ2v) is 4.52. The number of nitrogens with zero attached hydrogens (tertiary/aromatic N) is 3. The Morgan fingerprint density at radius 3 is 2.41 bits per heavy atom. The second-order valence-electron chi connectivity index (χ2n) is 4.52. The summed E-state index contributed by atoms with van der Waals surface area (Å²) in [4.78, 5) is 0. The van der Waals surface area contributed by atoms with Crippen LogP contribution in [0.4, 0.5) is 18.9 Å². The van der Waals surface area contributed by atoms with Crippen molar-refractivity contribution in [1.82, 2.24) is 15.0 Å². The van der Waals surface area contributed by atoms with Crippen LogP contribution in [0.5, 0.6) is 5.75 Å². The molecule has 0 bridgehead atoms. The molecule has 0 aliphatic rings. The molecule has 0 amide bonds. The van der Waals surface area contributed by atoms with Crippen LogP contribution in [-0.2, 0) is 0 Å². The van der Waals surface area contributed by atoms with Gasteiger partial charge in [-0.1, -0.05) is 17.3 Å². The maximum atomic E-state index is 13.8. The van der Waals surface area contributed by atoms with Crippen molar-refractivity contribution in [2.75, 3.05) is 5.73 Å². The number of hydrogen-bond acceptors (Lipinski definition) is 4. The van der Waals surface area contributed by atoms with Gasteiger partial charge in [0.05, 0.1) is 6.20 Å². The van der Waals surface area contributed by atoms with Gasteiger partial charge < -0.3 is 10.8 Å². The number of halogens is 3. The Hall–Kier alpha value is -3.03. The first-order valence-corrected chi connectivity index (χ1v) is 6.12. The van der Waals surface area contributed by atoms with E-state index >= 15 is 0 Å². The molecule has 0 aliphatic heterocycles. The van der Waals surface area contributed by atoms with E-state index in [0.717, 1.165) is 4.68 Å². The molecule has 112 valence electrons. The number of aromatic nitrogens is 3. The smallest absolute Gasteiger partial charge is 0.188 e. The Bertz CT molecular complexity index is 820. The fourth-order valence-corrected chi connectivity index (χ4v) is 1.94. The maximum absolute atomic E-state index is 13.8. The molecule has 3 rings (SSSR count). The van der Waals surface area contributed by atoms with E-state index < -0.39 is 28.9 Å². The van der Waals surface area contributed by atoms with E-state index in [1.807, 2.05) is 0 Å². The number of nitrogen functional groups attached to an aromatic ring is 1. The molecular weight excluding hydrogens is 297 g/mol. The number of phenolic OH excluding ortho intramolecular Hbond substituents is 1. The molecule has 0 fully saturated rings. The van der Waals surface area contributed by atoms with Crippen molar-refractivity contribution in [3.05, 3.63) is 54.0 Å². The zero-order valence-electron chi connectivity index (χ0n) is 11.0. The fraction of sp³-hybridized carbons (Fsp3) is 0. The Labute approximate surface area is 122 Å². The maximum Gasteiger partial charge on any atom is 0.188 e. The van der Waals surface area contributed by atoms with Crippen molar-refractivity contribution in [3.63, 3.8) is 0 Å². The first-order valence-electron chi connectivity index (χ1n) is 6.12. The standard InChI is InChI=1S/C14H9F3N4O/c15-9-5-10(16)14(22)13(12(9)17)21-6-11(19-20-21)7-1-3-8(18)4-2-7/h1-6,22H,18H2. The number of hydrogen-bond donors (Lipinski definition) is 2. The molecule has 0 atom stereocenters. The van der Waals surface area contributed by atoms with Gasteiger partial charge in [0, 0.05) is 17.3 Å². The number of nitrogens with two attached hydrogens (primary N) is 1. The van der Waals surface area contributed by atoms with E-state index in [-0.39, 0.29) is 6.07 Å². The van der Waals surface area contributed by atoms with Crippen molar-refractivity contribution < 1.29 is 18.3 Å². The molecule has 0 radical (unpaired) electrons. The minimum absolute atomic E-state index is 0.256. The topological polar surface area (TPSA) is 77.0 Å². The first kappa shape index (κ1) is 13.9. The van der Waals surface area contributed by atoms with Gasteiger partial charge >= 0.3 is 0 Å². The number of phenols is 1. The van der Waals surface area contributed by atoms with Gasteiger partial charge in [0.1, 0.15) is 11.4 Å². The second kappa shape index (κ2) is 5.06. The molecular formula is C14H9F3N4O. The van der Waals surface area contributed by atoms with Gasteiger partial charge in [0.2, 0.25) is 0 Å². The average molecular weight is 306 g/mol. The molecule has 1 aromatic heterocycles. The molecule has 2 aromatic carbocycles. The van der Waals surface area contributed by atoms with Gasteiger partial charge in [0.25, 0.3) is 0 Å². The van der Waals surface area contributed by atoms with Crippen LogP contribution in [0.25, 0.3) is 16.9 Å². The van der Waals surface area contributed by atoms with Gasteiger partial charge in [-0.2, -0.15) is 0 Å². The van der Waals surface area contributed by atoms with Crippen molar-refractivity contribution in [1.29, 1.82) is 0 Å². The highest BCUT2D eigenvalue weighted by Crippen LogP contribution is 2.30. The summed E-state index contributed by atoms with van der Waals surface area (Å²) in [5, 5.41) is 17.0. The first-order chi connectivity index (χ1) is 10.5. The number of aromatic hydroxyl groups is 1. The highest BCUT2D eigenvalue weighted by molar-refractivity contribution is 5.61. The van der Waals surface area contributed by atoms with E-state index in [9.17, 15) is 18.3 Å². The molecule has 8 heteroatoms. The molecule has 3 N–H and O–H groups in total. The summed E-state index contributed by atoms with van der Waals surface area (Å²) in [6.07, 6.45) is 1.24. The summed E-state index contributed by atoms with van der Waals surface area (Å²) in [5.41, 5.74) is 6.32. The minimum Gasteiger partial charge on any atom is -0.503 e. The Morgan fingerprint density at radius 1 is 1.05 bits per heavy atom. The van der Waals surface area contributed by atoms with Crippen LogP contribution < -0.4 is 5.73 Å². The van der Waals surface area contributed by atoms with Gasteiger partial charge in [0.15, 0.2) is 23.2 Å². The summed E-state index contributed by atoms with van der Waals surface area (Å²) < 4.78 is 41.2. The van der Waals surface area contributed by atoms with Crippen molar-refractivity contribution >= 4 is 5.69 Å². The monoisotopic (exact) mass is 306 g/mol. The molecule has 1 heterocycles. The van der Waals surface area contributed by atoms with Crippen molar-refractivity contribution in [2.45, 2.75) is 0 Å². The minimum atomic E-state index is -1.44. The number of benzene rings is 2. The van der Waals surface area contributed by atoms with Gasteiger partial charge in [-0.15, -0.1) is 5.10 Å². The van der Waals surface area contributed by atoms with E-state index in [2.05, 4.69) is 10.3 Å². The van der Waals surface area contributed by atoms with Crippen LogP contribution >= 0.6 is 0 Å². The van der Waals surface area contributed by atoms with Crippen molar-refractivity contribution in [2.24, 2.45) is 0 Å². The quantitative estimate of drug-likeness (QED) is 0.563. The van der Waals surface area contributed by atoms with E-state index in [1.54, 1.807) is 24.3 Å². The summed E-state index contributed by atoms with van der Waals surface area (Å²) >= 11 is 0. The van der Waals surface area contributed by atoms with Gasteiger partial charge in [-0.3, -0.25) is 0 Å². The van der Waals surface area contributed by atoms with Crippen LogP contribution in [0.3, 0.4) is 0 Å². The molecule has 5 nitrogen and oxygen atoms in total. The predicted octanol–water partition coefficient (Wildman–Crippen LogP) is 2.64. The number of rotatable bonds is 2. The summed E-state index contributed by atoms with van der Waals surface area (Å²) in [6, 6.07) is 6.84. The largest absolute Gasteiger partial charge is 0.503 e. The molecule has 22 heavy (non-hydrogen) atoms. The Kier molecular flexibility index (Phi) is 3.21. The lowest BCUT2D eigenvalue weighted by Gasteiger charge is -2.06. The third-order valence-electron chi connectivity index (χ3n) is 3.05. The molecule has 0 saturated carbocycles. The SMILES string of the molecule is Nc1ccc(-c2cn(-c3c(O)c(F)cc(F)c3F)nn2)cc1. The normalized spacial score (nSPS) is 10.9. The van der Waals surface area contributed by atoms with Crippen LogP contribution in [0.1, 0.15) is 0 Å². The molecule has 0 spiro atoms. The molecule has 0 saturated heterocycles. The van der Waals surface area contributed by atoms with Gasteiger partial charge in [-0.25, -0.2) is 17.9 Å². The van der Waals surface area contributed by atoms with Crippen LogP contribution in [0, 0.1) is 17.5 Å². The zero-order chi connectivity index (χ0) is 15.9. The lowest BCUT2D eigenvalue weighted by atomic mass is 10.1. The molecule has 3 aromatic rings. The van der Waals surface area contributed by atoms with Crippen LogP contribution in [-0.4, -0.2) is 20.1 Å². The van der Waals surface area contributed by atoms with Crippen LogP contribution in [0.2, 0.25) is 0 Å². The van der Waals surface area contributed by atoms with Crippen LogP contribution in [0.15, 0.2) is 36.5 Å². The molecule has 0 unspecified atom stereocenters. The summed E-state index contributed by atoms with van der Waals surface area (Å²) in [7, 11) is 0. The zero-order valence-corrected chi connectivity index (χ0v) is 11.0. The lowest BCUT2D eigenvalue weighted by molar-refractivity contribution is 0.406. The lowest BCUT2D eigenvalue weighted by Crippen LogP contribution is -2.03. The third kappa shape index (κ3) is 2.24. The highest BCUT2D eigenvalue weighted by atomic mass is 19.2. The van der Waals surface area contributed by atoms with E-state index in [4.69, 9.17) is 5.73 Å². The van der Waals surface area contributed by atoms with E-state index in [0.29, 0.717) is 16.9 Å². The fourth-order valence-electron chi connectivity index (χ4n) is 1.94. The highest BCUT2D eigenvalue weighted by Gasteiger charge is 2.21. The predicted molar refractivity (Wildman–Crippen MR) is 72.7 cm³/mol. The summed E-state index contributed by atoms with van der Waals surface area (Å²) in [6.45, 7) is 0. The summed E-state index contributed by atoms with van der Waals surface area (Å²) in [5.74, 6) is -5.20. The molecule has 0 aliphatic carbocycles. The van der Waals surface area contributed by atoms with Crippen molar-refractivity contribution in [3.8, 4) is 22.7 Å². The third-order valence-corrected chi connectivity index (χ3v) is 3.05. The number of anilines is 1. The Morgan fingerprint density at radius 2 is 1.73 bits per heavy atom. The average Bonchev–Trinajstić information content (AvgIpc) is 2.96. The Balaban J connectivity index is 2.10.